The van der Waals surface area contributed by atoms with Gasteiger partial charge in [0.05, 0.1) is 16.5 Å². The van der Waals surface area contributed by atoms with Gasteiger partial charge in [0, 0.05) is 16.4 Å². The third kappa shape index (κ3) is 5.73. The molecule has 26 heavy (non-hydrogen) atoms. The first-order valence-corrected chi connectivity index (χ1v) is 9.01. The first-order valence-electron chi connectivity index (χ1n) is 7.33. The Kier molecular flexibility index (Phi) is 6.65. The molecule has 2 aromatic rings. The largest absolute Gasteiger partial charge is 0.465 e. The van der Waals surface area contributed by atoms with E-state index in [4.69, 9.17) is 5.11 Å². The van der Waals surface area contributed by atoms with Crippen molar-refractivity contribution >= 4 is 39.3 Å². The molecule has 0 radical (unpaired) electrons. The number of alkyl halides is 3. The van der Waals surface area contributed by atoms with Crippen molar-refractivity contribution in [1.29, 1.82) is 0 Å². The maximum absolute atomic E-state index is 13.1. The summed E-state index contributed by atoms with van der Waals surface area (Å²) in [6.45, 7) is -0.222. The molecule has 1 heterocycles. The molecule has 0 saturated carbocycles. The van der Waals surface area contributed by atoms with Crippen molar-refractivity contribution in [3.8, 4) is 0 Å². The van der Waals surface area contributed by atoms with E-state index < -0.39 is 29.8 Å². The molecule has 2 amide bonds. The van der Waals surface area contributed by atoms with Crippen molar-refractivity contribution in [3.63, 3.8) is 0 Å². The number of carbonyl (C=O) groups is 2. The Bertz CT molecular complexity index is 795. The number of amides is 2. The van der Waals surface area contributed by atoms with Crippen LogP contribution in [0.3, 0.4) is 0 Å². The van der Waals surface area contributed by atoms with Gasteiger partial charge in [-0.2, -0.15) is 13.2 Å². The molecule has 10 heteroatoms. The van der Waals surface area contributed by atoms with E-state index >= 15 is 0 Å². The van der Waals surface area contributed by atoms with Gasteiger partial charge < -0.3 is 15.7 Å². The molecule has 0 aliphatic heterocycles. The highest BCUT2D eigenvalue weighted by Crippen LogP contribution is 2.32. The second-order valence-electron chi connectivity index (χ2n) is 5.34. The molecular formula is C16H14BrF3N2O3S. The summed E-state index contributed by atoms with van der Waals surface area (Å²) in [7, 11) is 0. The van der Waals surface area contributed by atoms with Crippen LogP contribution in [0.4, 0.5) is 18.0 Å². The monoisotopic (exact) mass is 450 g/mol. The molecular weight excluding hydrogens is 437 g/mol. The minimum atomic E-state index is -4.54. The van der Waals surface area contributed by atoms with Crippen LogP contribution in [0.1, 0.15) is 20.8 Å². The van der Waals surface area contributed by atoms with E-state index in [0.717, 1.165) is 17.4 Å². The normalized spacial score (nSPS) is 12.5. The first-order chi connectivity index (χ1) is 12.2. The lowest BCUT2D eigenvalue weighted by molar-refractivity contribution is -0.138. The molecule has 1 aromatic carbocycles. The maximum Gasteiger partial charge on any atom is 0.416 e. The van der Waals surface area contributed by atoms with Gasteiger partial charge in [0.2, 0.25) is 0 Å². The summed E-state index contributed by atoms with van der Waals surface area (Å²) in [5, 5.41) is 15.1. The van der Waals surface area contributed by atoms with Gasteiger partial charge in [0.1, 0.15) is 0 Å². The van der Waals surface area contributed by atoms with Crippen LogP contribution in [0, 0.1) is 0 Å². The second-order valence-corrected chi connectivity index (χ2v) is 7.17. The van der Waals surface area contributed by atoms with Gasteiger partial charge in [0.15, 0.2) is 0 Å². The minimum absolute atomic E-state index is 0.0233. The van der Waals surface area contributed by atoms with Gasteiger partial charge in [-0.15, -0.1) is 11.3 Å². The summed E-state index contributed by atoms with van der Waals surface area (Å²) in [6.07, 6.45) is -6.04. The van der Waals surface area contributed by atoms with E-state index in [1.807, 2.05) is 0 Å². The highest BCUT2D eigenvalue weighted by Gasteiger charge is 2.33. The molecule has 0 unspecified atom stereocenters. The SMILES string of the molecule is O=C(O)NC[C@@H](Cc1ccccc1C(F)(F)F)NC(=O)c1cc(Br)cs1. The van der Waals surface area contributed by atoms with Gasteiger partial charge in [-0.05, 0) is 40.0 Å². The number of hydrogen-bond donors (Lipinski definition) is 3. The Hall–Kier alpha value is -2.07. The number of benzene rings is 1. The molecule has 1 aromatic heterocycles. The molecule has 1 atom stereocenters. The quantitative estimate of drug-likeness (QED) is 0.618. The fourth-order valence-electron chi connectivity index (χ4n) is 2.31. The van der Waals surface area contributed by atoms with Gasteiger partial charge in [0.25, 0.3) is 5.91 Å². The number of thiophene rings is 1. The van der Waals surface area contributed by atoms with Crippen LogP contribution in [0.25, 0.3) is 0 Å². The van der Waals surface area contributed by atoms with E-state index in [9.17, 15) is 22.8 Å². The van der Waals surface area contributed by atoms with Crippen LogP contribution >= 0.6 is 27.3 Å². The first kappa shape index (κ1) is 20.2. The van der Waals surface area contributed by atoms with E-state index in [2.05, 4.69) is 26.6 Å². The summed E-state index contributed by atoms with van der Waals surface area (Å²) in [5.74, 6) is -0.484. The average Bonchev–Trinajstić information content (AvgIpc) is 2.98. The lowest BCUT2D eigenvalue weighted by atomic mass is 9.99. The highest BCUT2D eigenvalue weighted by molar-refractivity contribution is 9.10. The van der Waals surface area contributed by atoms with Gasteiger partial charge in [-0.3, -0.25) is 4.79 Å². The molecule has 0 bridgehead atoms. The molecule has 0 aliphatic rings. The Balaban J connectivity index is 2.20. The van der Waals surface area contributed by atoms with Crippen LogP contribution in [-0.4, -0.2) is 29.7 Å². The van der Waals surface area contributed by atoms with Crippen molar-refractivity contribution in [2.24, 2.45) is 0 Å². The van der Waals surface area contributed by atoms with Crippen LogP contribution in [-0.2, 0) is 12.6 Å². The number of carbonyl (C=O) groups excluding carboxylic acids is 1. The summed E-state index contributed by atoms with van der Waals surface area (Å²) in [5.41, 5.74) is -0.835. The lowest BCUT2D eigenvalue weighted by Crippen LogP contribution is -2.44. The van der Waals surface area contributed by atoms with E-state index in [-0.39, 0.29) is 18.5 Å². The van der Waals surface area contributed by atoms with Gasteiger partial charge in [-0.1, -0.05) is 18.2 Å². The van der Waals surface area contributed by atoms with Crippen molar-refractivity contribution in [2.45, 2.75) is 18.6 Å². The number of halogens is 4. The van der Waals surface area contributed by atoms with E-state index in [0.29, 0.717) is 9.35 Å². The molecule has 0 aliphatic carbocycles. The number of carboxylic acid groups (broad SMARTS) is 1. The molecule has 3 N–H and O–H groups in total. The smallest absolute Gasteiger partial charge is 0.416 e. The molecule has 2 rings (SSSR count). The fraction of sp³-hybridized carbons (Fsp3) is 0.250. The van der Waals surface area contributed by atoms with Crippen molar-refractivity contribution in [3.05, 3.63) is 56.2 Å². The van der Waals surface area contributed by atoms with E-state index in [1.165, 1.54) is 18.2 Å². The summed E-state index contributed by atoms with van der Waals surface area (Å²) in [4.78, 5) is 23.4. The highest BCUT2D eigenvalue weighted by atomic mass is 79.9. The van der Waals surface area contributed by atoms with Gasteiger partial charge >= 0.3 is 12.3 Å². The van der Waals surface area contributed by atoms with E-state index in [1.54, 1.807) is 11.4 Å². The zero-order valence-electron chi connectivity index (χ0n) is 13.1. The number of hydrogen-bond acceptors (Lipinski definition) is 3. The Morgan fingerprint density at radius 2 is 1.96 bits per heavy atom. The molecule has 0 saturated heterocycles. The molecule has 0 fully saturated rings. The molecule has 5 nitrogen and oxygen atoms in total. The number of nitrogens with one attached hydrogen (secondary N) is 2. The van der Waals surface area contributed by atoms with Crippen LogP contribution in [0.15, 0.2) is 40.2 Å². The molecule has 140 valence electrons. The van der Waals surface area contributed by atoms with Crippen LogP contribution < -0.4 is 10.6 Å². The summed E-state index contributed by atoms with van der Waals surface area (Å²) in [6, 6.07) is 5.73. The van der Waals surface area contributed by atoms with Gasteiger partial charge in [-0.25, -0.2) is 4.79 Å². The Morgan fingerprint density at radius 3 is 2.54 bits per heavy atom. The lowest BCUT2D eigenvalue weighted by Gasteiger charge is -2.21. The Morgan fingerprint density at radius 1 is 1.27 bits per heavy atom. The summed E-state index contributed by atoms with van der Waals surface area (Å²) >= 11 is 4.38. The minimum Gasteiger partial charge on any atom is -0.465 e. The predicted octanol–water partition coefficient (Wildman–Crippen LogP) is 4.14. The summed E-state index contributed by atoms with van der Waals surface area (Å²) < 4.78 is 40.1. The standard InChI is InChI=1S/C16H14BrF3N2O3S/c17-10-6-13(26-8-10)14(23)22-11(7-21-15(24)25)5-9-3-1-2-4-12(9)16(18,19)20/h1-4,6,8,11,21H,5,7H2,(H,22,23)(H,24,25)/t11-/m1/s1. The van der Waals surface area contributed by atoms with Crippen molar-refractivity contribution < 1.29 is 27.9 Å². The topological polar surface area (TPSA) is 78.4 Å². The predicted molar refractivity (Wildman–Crippen MR) is 94.4 cm³/mol. The van der Waals surface area contributed by atoms with Crippen LogP contribution in [0.2, 0.25) is 0 Å². The third-order valence-electron chi connectivity index (χ3n) is 3.42. The average molecular weight is 451 g/mol. The number of rotatable bonds is 6. The van der Waals surface area contributed by atoms with Crippen LogP contribution in [0.5, 0.6) is 0 Å². The maximum atomic E-state index is 13.1. The van der Waals surface area contributed by atoms with Crippen molar-refractivity contribution in [1.82, 2.24) is 10.6 Å². The zero-order chi connectivity index (χ0) is 19.3. The Labute approximate surface area is 159 Å². The zero-order valence-corrected chi connectivity index (χ0v) is 15.5. The second kappa shape index (κ2) is 8.54. The fourth-order valence-corrected chi connectivity index (χ4v) is 3.64. The third-order valence-corrected chi connectivity index (χ3v) is 5.11. The van der Waals surface area contributed by atoms with Crippen molar-refractivity contribution in [2.75, 3.05) is 6.54 Å². The molecule has 0 spiro atoms.